The Balaban J connectivity index is 1.48. The molecular formula is C19H25N3O3S. The van der Waals surface area contributed by atoms with Crippen LogP contribution in [0.4, 0.5) is 4.79 Å². The van der Waals surface area contributed by atoms with E-state index < -0.39 is 11.6 Å². The molecule has 0 bridgehead atoms. The lowest BCUT2D eigenvalue weighted by Gasteiger charge is -2.30. The molecule has 1 spiro atoms. The van der Waals surface area contributed by atoms with Crippen molar-refractivity contribution >= 4 is 29.2 Å². The number of carbonyl (C=O) groups excluding carboxylic acids is 3. The number of hydrogen-bond donors (Lipinski definition) is 2. The number of nitrogens with one attached hydrogen (secondary N) is 2. The van der Waals surface area contributed by atoms with Gasteiger partial charge in [-0.2, -0.15) is 5.01 Å². The Kier molecular flexibility index (Phi) is 4.50. The van der Waals surface area contributed by atoms with Crippen LogP contribution in [0.2, 0.25) is 0 Å². The molecule has 7 heteroatoms. The zero-order chi connectivity index (χ0) is 18.3. The van der Waals surface area contributed by atoms with Crippen LogP contribution >= 0.6 is 11.3 Å². The van der Waals surface area contributed by atoms with Crippen molar-refractivity contribution < 1.29 is 14.4 Å². The van der Waals surface area contributed by atoms with Crippen LogP contribution in [0.15, 0.2) is 6.07 Å². The van der Waals surface area contributed by atoms with E-state index in [1.807, 2.05) is 6.07 Å². The van der Waals surface area contributed by atoms with Crippen molar-refractivity contribution in [3.05, 3.63) is 21.4 Å². The molecule has 2 N–H and O–H groups in total. The first kappa shape index (κ1) is 17.5. The van der Waals surface area contributed by atoms with Crippen molar-refractivity contribution in [1.82, 2.24) is 15.8 Å². The maximum atomic E-state index is 12.8. The van der Waals surface area contributed by atoms with Gasteiger partial charge in [-0.25, -0.2) is 4.79 Å². The predicted octanol–water partition coefficient (Wildman–Crippen LogP) is 3.16. The van der Waals surface area contributed by atoms with Gasteiger partial charge < -0.3 is 5.32 Å². The summed E-state index contributed by atoms with van der Waals surface area (Å²) in [5, 5.41) is 3.70. The van der Waals surface area contributed by atoms with Crippen LogP contribution in [-0.2, 0) is 17.6 Å². The van der Waals surface area contributed by atoms with E-state index in [2.05, 4.69) is 17.7 Å². The third-order valence-electron chi connectivity index (χ3n) is 6.07. The number of rotatable bonds is 3. The van der Waals surface area contributed by atoms with Crippen molar-refractivity contribution in [2.75, 3.05) is 0 Å². The third kappa shape index (κ3) is 2.92. The van der Waals surface area contributed by atoms with Gasteiger partial charge >= 0.3 is 6.03 Å². The van der Waals surface area contributed by atoms with Crippen LogP contribution in [0.1, 0.15) is 72.0 Å². The number of hydrazine groups is 1. The quantitative estimate of drug-likeness (QED) is 0.797. The molecule has 1 unspecified atom stereocenters. The van der Waals surface area contributed by atoms with Gasteiger partial charge in [0, 0.05) is 4.88 Å². The first-order valence-electron chi connectivity index (χ1n) is 9.61. The molecule has 1 aromatic rings. The van der Waals surface area contributed by atoms with Crippen molar-refractivity contribution in [2.24, 2.45) is 5.92 Å². The number of amides is 4. The molecule has 0 aromatic carbocycles. The Morgan fingerprint density at radius 1 is 1.35 bits per heavy atom. The molecule has 2 fully saturated rings. The molecule has 1 saturated heterocycles. The molecule has 1 atom stereocenters. The second-order valence-corrected chi connectivity index (χ2v) is 8.87. The van der Waals surface area contributed by atoms with E-state index in [0.29, 0.717) is 23.6 Å². The molecule has 0 radical (unpaired) electrons. The summed E-state index contributed by atoms with van der Waals surface area (Å²) < 4.78 is 0. The van der Waals surface area contributed by atoms with E-state index >= 15 is 0 Å². The fourth-order valence-corrected chi connectivity index (χ4v) is 5.53. The number of nitrogens with zero attached hydrogens (tertiary/aromatic N) is 1. The number of fused-ring (bicyclic) bond motifs is 1. The smallest absolute Gasteiger partial charge is 0.322 e. The molecule has 3 aliphatic rings. The van der Waals surface area contributed by atoms with Crippen LogP contribution in [0, 0.1) is 5.92 Å². The molecular weight excluding hydrogens is 350 g/mol. The topological polar surface area (TPSA) is 78.5 Å². The Labute approximate surface area is 157 Å². The van der Waals surface area contributed by atoms with Gasteiger partial charge in [0.1, 0.15) is 5.54 Å². The standard InChI is InChI=1S/C19H25N3O3S/c1-2-12-6-7-14-13(10-12)11-15(26-14)16(23)21-22-17(24)19(20-18(22)25)8-4-3-5-9-19/h11-12H,2-10H2,1H3,(H,20,25)(H,21,23). The zero-order valence-corrected chi connectivity index (χ0v) is 15.9. The highest BCUT2D eigenvalue weighted by atomic mass is 32.1. The first-order valence-corrected chi connectivity index (χ1v) is 10.4. The van der Waals surface area contributed by atoms with Crippen LogP contribution < -0.4 is 10.7 Å². The average Bonchev–Trinajstić information content (AvgIpc) is 3.17. The van der Waals surface area contributed by atoms with Gasteiger partial charge in [0.05, 0.1) is 4.88 Å². The maximum Gasteiger partial charge on any atom is 0.344 e. The fraction of sp³-hybridized carbons (Fsp3) is 0.632. The summed E-state index contributed by atoms with van der Waals surface area (Å²) in [4.78, 5) is 39.6. The van der Waals surface area contributed by atoms with Gasteiger partial charge in [-0.05, 0) is 49.7 Å². The minimum Gasteiger partial charge on any atom is -0.322 e. The van der Waals surface area contributed by atoms with Crippen molar-refractivity contribution in [1.29, 1.82) is 0 Å². The van der Waals surface area contributed by atoms with Crippen LogP contribution in [0.3, 0.4) is 0 Å². The molecule has 2 aliphatic carbocycles. The summed E-state index contributed by atoms with van der Waals surface area (Å²) >= 11 is 1.49. The number of urea groups is 1. The van der Waals surface area contributed by atoms with Gasteiger partial charge in [0.15, 0.2) is 0 Å². The number of imide groups is 1. The molecule has 6 nitrogen and oxygen atoms in total. The Morgan fingerprint density at radius 3 is 2.85 bits per heavy atom. The fourth-order valence-electron chi connectivity index (χ4n) is 4.43. The Morgan fingerprint density at radius 2 is 2.12 bits per heavy atom. The highest BCUT2D eigenvalue weighted by Crippen LogP contribution is 2.35. The summed E-state index contributed by atoms with van der Waals surface area (Å²) in [7, 11) is 0. The molecule has 1 aromatic heterocycles. The molecule has 140 valence electrons. The van der Waals surface area contributed by atoms with E-state index in [0.717, 1.165) is 43.5 Å². The van der Waals surface area contributed by atoms with E-state index in [4.69, 9.17) is 0 Å². The zero-order valence-electron chi connectivity index (χ0n) is 15.1. The minimum atomic E-state index is -0.814. The molecule has 4 amide bonds. The number of thiophene rings is 1. The molecule has 1 saturated carbocycles. The highest BCUT2D eigenvalue weighted by Gasteiger charge is 2.52. The average molecular weight is 375 g/mol. The molecule has 26 heavy (non-hydrogen) atoms. The van der Waals surface area contributed by atoms with Crippen molar-refractivity contribution in [3.63, 3.8) is 0 Å². The lowest BCUT2D eigenvalue weighted by atomic mass is 9.82. The van der Waals surface area contributed by atoms with E-state index in [9.17, 15) is 14.4 Å². The highest BCUT2D eigenvalue weighted by molar-refractivity contribution is 7.14. The van der Waals surface area contributed by atoms with Gasteiger partial charge in [-0.15, -0.1) is 11.3 Å². The monoisotopic (exact) mass is 375 g/mol. The number of carbonyl (C=O) groups is 3. The maximum absolute atomic E-state index is 12.8. The van der Waals surface area contributed by atoms with Crippen LogP contribution in [0.5, 0.6) is 0 Å². The lowest BCUT2D eigenvalue weighted by molar-refractivity contribution is -0.134. The van der Waals surface area contributed by atoms with E-state index in [-0.39, 0.29) is 11.8 Å². The van der Waals surface area contributed by atoms with Crippen LogP contribution in [0.25, 0.3) is 0 Å². The second kappa shape index (κ2) is 6.68. The SMILES string of the molecule is CCC1CCc2sc(C(=O)NN3C(=O)NC4(CCCCC4)C3=O)cc2C1. The van der Waals surface area contributed by atoms with Gasteiger partial charge in [0.25, 0.3) is 11.8 Å². The molecule has 4 rings (SSSR count). The number of hydrogen-bond acceptors (Lipinski definition) is 4. The van der Waals surface area contributed by atoms with Crippen LogP contribution in [-0.4, -0.2) is 28.4 Å². The molecule has 2 heterocycles. The normalized spacial score (nSPS) is 24.5. The van der Waals surface area contributed by atoms with E-state index in [1.54, 1.807) is 0 Å². The summed E-state index contributed by atoms with van der Waals surface area (Å²) in [5.41, 5.74) is 2.98. The second-order valence-electron chi connectivity index (χ2n) is 7.73. The van der Waals surface area contributed by atoms with E-state index in [1.165, 1.54) is 28.2 Å². The van der Waals surface area contributed by atoms with Crippen molar-refractivity contribution in [3.8, 4) is 0 Å². The Bertz CT molecular complexity index is 751. The van der Waals surface area contributed by atoms with Gasteiger partial charge in [0.2, 0.25) is 0 Å². The summed E-state index contributed by atoms with van der Waals surface area (Å²) in [6, 6.07) is 1.42. The minimum absolute atomic E-state index is 0.317. The lowest BCUT2D eigenvalue weighted by Crippen LogP contribution is -2.50. The first-order chi connectivity index (χ1) is 12.5. The summed E-state index contributed by atoms with van der Waals surface area (Å²) in [6.07, 6.45) is 8.57. The van der Waals surface area contributed by atoms with Gasteiger partial charge in [-0.3, -0.25) is 15.0 Å². The Hall–Kier alpha value is -1.89. The van der Waals surface area contributed by atoms with Gasteiger partial charge in [-0.1, -0.05) is 32.6 Å². The third-order valence-corrected chi connectivity index (χ3v) is 7.30. The largest absolute Gasteiger partial charge is 0.344 e. The summed E-state index contributed by atoms with van der Waals surface area (Å²) in [5.74, 6) is 0.00170. The van der Waals surface area contributed by atoms with Crippen molar-refractivity contribution in [2.45, 2.75) is 70.3 Å². The predicted molar refractivity (Wildman–Crippen MR) is 98.8 cm³/mol. The summed E-state index contributed by atoms with van der Waals surface area (Å²) in [6.45, 7) is 2.20. The molecule has 1 aliphatic heterocycles. The number of aryl methyl sites for hydroxylation is 1.